The van der Waals surface area contributed by atoms with Gasteiger partial charge in [0.05, 0.1) is 6.04 Å². The third-order valence-corrected chi connectivity index (χ3v) is 3.70. The predicted molar refractivity (Wildman–Crippen MR) is 71.4 cm³/mol. The van der Waals surface area contributed by atoms with E-state index in [1.807, 2.05) is 43.5 Å². The number of pyridine rings is 1. The molecule has 2 aromatic rings. The molecule has 0 bridgehead atoms. The molecule has 2 heterocycles. The van der Waals surface area contributed by atoms with Gasteiger partial charge in [0.1, 0.15) is 0 Å². The minimum absolute atomic E-state index is 0.00315. The van der Waals surface area contributed by atoms with Gasteiger partial charge in [-0.1, -0.05) is 12.1 Å². The van der Waals surface area contributed by atoms with Gasteiger partial charge in [0, 0.05) is 22.7 Å². The summed E-state index contributed by atoms with van der Waals surface area (Å²) >= 11 is 1.58. The number of nitrogens with zero attached hydrogens (tertiary/aromatic N) is 1. The van der Waals surface area contributed by atoms with Crippen LogP contribution in [0.4, 0.5) is 0 Å². The molecule has 0 aliphatic rings. The summed E-state index contributed by atoms with van der Waals surface area (Å²) < 4.78 is 1.71. The van der Waals surface area contributed by atoms with E-state index in [9.17, 15) is 4.79 Å². The molecule has 0 radical (unpaired) electrons. The first-order chi connectivity index (χ1) is 8.11. The van der Waals surface area contributed by atoms with E-state index in [-0.39, 0.29) is 17.6 Å². The van der Waals surface area contributed by atoms with E-state index in [2.05, 4.69) is 0 Å². The molecule has 0 aliphatic heterocycles. The zero-order valence-electron chi connectivity index (χ0n) is 9.96. The molecule has 0 aromatic carbocycles. The smallest absolute Gasteiger partial charge is 0.255 e. The molecule has 1 unspecified atom stereocenters. The lowest BCUT2D eigenvalue weighted by Gasteiger charge is -2.14. The van der Waals surface area contributed by atoms with Crippen molar-refractivity contribution in [1.82, 2.24) is 4.57 Å². The standard InChI is InChI=1S/C13H16N2OS/c1-9(2)15-7-3-5-10(13(15)16)12(14)11-6-4-8-17-11/h3-9,12H,14H2,1-2H3. The van der Waals surface area contributed by atoms with Gasteiger partial charge in [-0.15, -0.1) is 11.3 Å². The highest BCUT2D eigenvalue weighted by Gasteiger charge is 2.15. The molecule has 17 heavy (non-hydrogen) atoms. The Morgan fingerprint density at radius 1 is 1.29 bits per heavy atom. The molecular weight excluding hydrogens is 232 g/mol. The van der Waals surface area contributed by atoms with Crippen LogP contribution in [0.1, 0.15) is 36.4 Å². The summed E-state index contributed by atoms with van der Waals surface area (Å²) in [5.41, 5.74) is 6.79. The van der Waals surface area contributed by atoms with Gasteiger partial charge in [-0.3, -0.25) is 4.79 Å². The molecule has 1 atom stereocenters. The van der Waals surface area contributed by atoms with Crippen LogP contribution in [-0.2, 0) is 0 Å². The molecule has 0 aliphatic carbocycles. The van der Waals surface area contributed by atoms with Crippen molar-refractivity contribution >= 4 is 11.3 Å². The summed E-state index contributed by atoms with van der Waals surface area (Å²) in [4.78, 5) is 13.3. The van der Waals surface area contributed by atoms with Crippen molar-refractivity contribution in [2.24, 2.45) is 5.73 Å². The lowest BCUT2D eigenvalue weighted by molar-refractivity contribution is 0.570. The van der Waals surface area contributed by atoms with Gasteiger partial charge in [0.25, 0.3) is 5.56 Å². The van der Waals surface area contributed by atoms with E-state index in [4.69, 9.17) is 5.73 Å². The van der Waals surface area contributed by atoms with Crippen LogP contribution >= 0.6 is 11.3 Å². The molecule has 2 N–H and O–H groups in total. The Kier molecular flexibility index (Phi) is 3.45. The average Bonchev–Trinajstić information content (AvgIpc) is 2.81. The lowest BCUT2D eigenvalue weighted by Crippen LogP contribution is -2.28. The maximum absolute atomic E-state index is 12.2. The van der Waals surface area contributed by atoms with Crippen LogP contribution in [0.2, 0.25) is 0 Å². The number of hydrogen-bond donors (Lipinski definition) is 1. The van der Waals surface area contributed by atoms with E-state index in [1.54, 1.807) is 22.1 Å². The molecule has 4 heteroatoms. The fourth-order valence-corrected chi connectivity index (χ4v) is 2.54. The SMILES string of the molecule is CC(C)n1cccc(C(N)c2cccs2)c1=O. The van der Waals surface area contributed by atoms with Gasteiger partial charge in [-0.05, 0) is 31.4 Å². The Bertz CT molecular complexity index is 543. The molecule has 0 saturated carbocycles. The Morgan fingerprint density at radius 3 is 2.65 bits per heavy atom. The average molecular weight is 248 g/mol. The molecule has 3 nitrogen and oxygen atoms in total. The summed E-state index contributed by atoms with van der Waals surface area (Å²) in [6.45, 7) is 3.98. The van der Waals surface area contributed by atoms with Gasteiger partial charge < -0.3 is 10.3 Å². The lowest BCUT2D eigenvalue weighted by atomic mass is 10.1. The monoisotopic (exact) mass is 248 g/mol. The summed E-state index contributed by atoms with van der Waals surface area (Å²) in [5.74, 6) is 0. The number of nitrogens with two attached hydrogens (primary N) is 1. The van der Waals surface area contributed by atoms with Crippen LogP contribution in [0.3, 0.4) is 0 Å². The summed E-state index contributed by atoms with van der Waals surface area (Å²) in [6.07, 6.45) is 1.80. The van der Waals surface area contributed by atoms with E-state index < -0.39 is 0 Å². The summed E-state index contributed by atoms with van der Waals surface area (Å²) in [7, 11) is 0. The fourth-order valence-electron chi connectivity index (χ4n) is 1.79. The highest BCUT2D eigenvalue weighted by molar-refractivity contribution is 7.10. The van der Waals surface area contributed by atoms with Crippen molar-refractivity contribution in [2.45, 2.75) is 25.9 Å². The summed E-state index contributed by atoms with van der Waals surface area (Å²) in [5, 5.41) is 1.97. The van der Waals surface area contributed by atoms with Crippen LogP contribution in [0, 0.1) is 0 Å². The van der Waals surface area contributed by atoms with Crippen LogP contribution < -0.4 is 11.3 Å². The fraction of sp³-hybridized carbons (Fsp3) is 0.308. The quantitative estimate of drug-likeness (QED) is 0.907. The maximum Gasteiger partial charge on any atom is 0.255 e. The second kappa shape index (κ2) is 4.85. The van der Waals surface area contributed by atoms with E-state index in [0.717, 1.165) is 4.88 Å². The number of hydrogen-bond acceptors (Lipinski definition) is 3. The van der Waals surface area contributed by atoms with Gasteiger partial charge in [-0.25, -0.2) is 0 Å². The van der Waals surface area contributed by atoms with E-state index >= 15 is 0 Å². The molecule has 0 saturated heterocycles. The molecular formula is C13H16N2OS. The molecule has 0 amide bonds. The van der Waals surface area contributed by atoms with Crippen LogP contribution in [0.25, 0.3) is 0 Å². The van der Waals surface area contributed by atoms with Gasteiger partial charge >= 0.3 is 0 Å². The highest BCUT2D eigenvalue weighted by Crippen LogP contribution is 2.21. The zero-order valence-corrected chi connectivity index (χ0v) is 10.8. The van der Waals surface area contributed by atoms with Crippen LogP contribution in [0.15, 0.2) is 40.6 Å². The largest absolute Gasteiger partial charge is 0.319 e. The second-order valence-electron chi connectivity index (χ2n) is 4.26. The van der Waals surface area contributed by atoms with Crippen molar-refractivity contribution in [3.63, 3.8) is 0 Å². The molecule has 90 valence electrons. The molecule has 2 aromatic heterocycles. The van der Waals surface area contributed by atoms with Crippen molar-refractivity contribution in [3.8, 4) is 0 Å². The van der Waals surface area contributed by atoms with Crippen molar-refractivity contribution in [2.75, 3.05) is 0 Å². The third-order valence-electron chi connectivity index (χ3n) is 2.75. The topological polar surface area (TPSA) is 48.0 Å². The highest BCUT2D eigenvalue weighted by atomic mass is 32.1. The van der Waals surface area contributed by atoms with E-state index in [1.165, 1.54) is 0 Å². The number of thiophene rings is 1. The third kappa shape index (κ3) is 2.33. The maximum atomic E-state index is 12.2. The molecule has 0 fully saturated rings. The number of aromatic nitrogens is 1. The number of rotatable bonds is 3. The van der Waals surface area contributed by atoms with Gasteiger partial charge in [-0.2, -0.15) is 0 Å². The minimum atomic E-state index is -0.325. The first-order valence-corrected chi connectivity index (χ1v) is 6.49. The molecule has 0 spiro atoms. The first-order valence-electron chi connectivity index (χ1n) is 5.61. The van der Waals surface area contributed by atoms with Crippen LogP contribution in [0.5, 0.6) is 0 Å². The van der Waals surface area contributed by atoms with Crippen LogP contribution in [-0.4, -0.2) is 4.57 Å². The molecule has 2 rings (SSSR count). The van der Waals surface area contributed by atoms with Crippen molar-refractivity contribution < 1.29 is 0 Å². The Morgan fingerprint density at radius 2 is 2.06 bits per heavy atom. The normalized spacial score (nSPS) is 12.9. The van der Waals surface area contributed by atoms with Gasteiger partial charge in [0.15, 0.2) is 0 Å². The van der Waals surface area contributed by atoms with E-state index in [0.29, 0.717) is 5.56 Å². The summed E-state index contributed by atoms with van der Waals surface area (Å²) in [6, 6.07) is 7.42. The first kappa shape index (κ1) is 12.1. The predicted octanol–water partition coefficient (Wildman–Crippen LogP) is 2.54. The zero-order chi connectivity index (χ0) is 12.4. The second-order valence-corrected chi connectivity index (χ2v) is 5.24. The Balaban J connectivity index is 2.47. The van der Waals surface area contributed by atoms with Gasteiger partial charge in [0.2, 0.25) is 0 Å². The van der Waals surface area contributed by atoms with Crippen molar-refractivity contribution in [1.29, 1.82) is 0 Å². The Labute approximate surface area is 105 Å². The Hall–Kier alpha value is -1.39. The minimum Gasteiger partial charge on any atom is -0.319 e. The van der Waals surface area contributed by atoms with Crippen molar-refractivity contribution in [3.05, 3.63) is 56.6 Å².